The SMILES string of the molecule is C[C@](O)([C@H](O)CC[C@@](C)(O)C(=O)O)[C@H]1CC[C@@]2(O)C3=CC(=O)[C@@H]4C[C@@H](O)[C@@H](O)C[C@]4(C)[C@H]3[C@H](O)C[C@]12C. The highest BCUT2D eigenvalue weighted by Crippen LogP contribution is 2.68. The molecule has 4 aliphatic carbocycles. The number of carbonyl (C=O) groups excluding carboxylic acids is 1. The molecule has 0 aromatic rings. The minimum Gasteiger partial charge on any atom is -0.479 e. The molecule has 10 nitrogen and oxygen atoms in total. The molecule has 0 unspecified atom stereocenters. The average Bonchev–Trinajstić information content (AvgIpc) is 3.05. The minimum absolute atomic E-state index is 0.0705. The Balaban J connectivity index is 1.68. The van der Waals surface area contributed by atoms with Gasteiger partial charge in [-0.2, -0.15) is 0 Å². The maximum absolute atomic E-state index is 13.3. The molecule has 0 saturated heterocycles. The number of hydrogen-bond donors (Lipinski definition) is 8. The van der Waals surface area contributed by atoms with Crippen molar-refractivity contribution in [2.45, 2.75) is 114 Å². The van der Waals surface area contributed by atoms with Crippen molar-refractivity contribution in [3.8, 4) is 0 Å². The van der Waals surface area contributed by atoms with Gasteiger partial charge in [0.25, 0.3) is 0 Å². The highest BCUT2D eigenvalue weighted by atomic mass is 16.4. The summed E-state index contributed by atoms with van der Waals surface area (Å²) in [5.41, 5.74) is -7.07. The van der Waals surface area contributed by atoms with Crippen LogP contribution >= 0.6 is 0 Å². The molecular weight excluding hydrogens is 484 g/mol. The fraction of sp³-hybridized carbons (Fsp3) is 0.852. The first-order chi connectivity index (χ1) is 16.8. The second kappa shape index (κ2) is 8.81. The highest BCUT2D eigenvalue weighted by Gasteiger charge is 2.71. The van der Waals surface area contributed by atoms with Crippen LogP contribution in [0.4, 0.5) is 0 Å². The Kier molecular flexibility index (Phi) is 6.81. The number of aliphatic hydroxyl groups excluding tert-OH is 4. The molecule has 0 bridgehead atoms. The molecule has 0 aromatic heterocycles. The largest absolute Gasteiger partial charge is 0.479 e. The van der Waals surface area contributed by atoms with Crippen molar-refractivity contribution < 1.29 is 50.4 Å². The summed E-state index contributed by atoms with van der Waals surface area (Å²) in [6.07, 6.45) is -2.95. The van der Waals surface area contributed by atoms with E-state index in [1.807, 2.05) is 6.92 Å². The van der Waals surface area contributed by atoms with Gasteiger partial charge in [0, 0.05) is 17.3 Å². The van der Waals surface area contributed by atoms with Crippen LogP contribution in [0.25, 0.3) is 0 Å². The van der Waals surface area contributed by atoms with Crippen LogP contribution in [-0.4, -0.2) is 93.8 Å². The van der Waals surface area contributed by atoms with Gasteiger partial charge in [0.1, 0.15) is 0 Å². The van der Waals surface area contributed by atoms with Gasteiger partial charge in [-0.3, -0.25) is 4.79 Å². The molecule has 0 heterocycles. The van der Waals surface area contributed by atoms with E-state index in [1.54, 1.807) is 6.92 Å². The van der Waals surface area contributed by atoms with Crippen LogP contribution in [0.15, 0.2) is 11.6 Å². The molecule has 0 aromatic carbocycles. The fourth-order valence-corrected chi connectivity index (χ4v) is 8.47. The summed E-state index contributed by atoms with van der Waals surface area (Å²) in [7, 11) is 0. The lowest BCUT2D eigenvalue weighted by molar-refractivity contribution is -0.197. The number of carboxylic acids is 1. The Morgan fingerprint density at radius 1 is 1.11 bits per heavy atom. The fourth-order valence-electron chi connectivity index (χ4n) is 8.47. The molecule has 0 aliphatic heterocycles. The molecule has 0 spiro atoms. The van der Waals surface area contributed by atoms with E-state index in [9.17, 15) is 50.4 Å². The zero-order valence-corrected chi connectivity index (χ0v) is 22.0. The van der Waals surface area contributed by atoms with Crippen molar-refractivity contribution in [1.82, 2.24) is 0 Å². The topological polar surface area (TPSA) is 196 Å². The molecule has 0 amide bonds. The minimum atomic E-state index is -2.08. The van der Waals surface area contributed by atoms with E-state index in [-0.39, 0.29) is 50.7 Å². The molecule has 3 saturated carbocycles. The number of aliphatic hydroxyl groups is 7. The quantitative estimate of drug-likeness (QED) is 0.231. The van der Waals surface area contributed by atoms with Crippen LogP contribution in [0, 0.1) is 28.6 Å². The molecule has 8 N–H and O–H groups in total. The zero-order valence-electron chi connectivity index (χ0n) is 22.0. The summed E-state index contributed by atoms with van der Waals surface area (Å²) < 4.78 is 0. The normalized spacial score (nSPS) is 47.5. The van der Waals surface area contributed by atoms with Crippen LogP contribution in [0.3, 0.4) is 0 Å². The molecule has 12 atom stereocenters. The lowest BCUT2D eigenvalue weighted by Crippen LogP contribution is -2.66. The first kappa shape index (κ1) is 28.6. The van der Waals surface area contributed by atoms with E-state index in [0.717, 1.165) is 6.92 Å². The molecule has 3 fully saturated rings. The number of carboxylic acid groups (broad SMARTS) is 1. The molecule has 4 aliphatic rings. The van der Waals surface area contributed by atoms with Gasteiger partial charge in [-0.25, -0.2) is 4.79 Å². The van der Waals surface area contributed by atoms with Crippen LogP contribution in [-0.2, 0) is 9.59 Å². The van der Waals surface area contributed by atoms with E-state index >= 15 is 0 Å². The van der Waals surface area contributed by atoms with Gasteiger partial charge >= 0.3 is 5.97 Å². The summed E-state index contributed by atoms with van der Waals surface area (Å²) in [5, 5.41) is 86.1. The Bertz CT molecular complexity index is 990. The standard InChI is InChI=1S/C27H42O10/c1-23-11-17(30)16(29)9-13(23)15(28)10-14-21(23)18(31)12-24(2)19(5-8-27(14,24)37)26(4,36)20(32)6-7-25(3,35)22(33)34/h10,13,16-21,29-32,35-37H,5-9,11-12H2,1-4H3,(H,33,34)/t13-,16+,17-,18+,19-,20+,21+,23-,24+,25+,26+,27+/m0/s1. The Hall–Kier alpha value is -1.40. The van der Waals surface area contributed by atoms with Crippen LogP contribution in [0.5, 0.6) is 0 Å². The summed E-state index contributed by atoms with van der Waals surface area (Å²) in [6.45, 7) is 6.09. The Morgan fingerprint density at radius 3 is 2.32 bits per heavy atom. The second-order valence-corrected chi connectivity index (χ2v) is 13.1. The van der Waals surface area contributed by atoms with Crippen molar-refractivity contribution in [3.05, 3.63) is 11.6 Å². The van der Waals surface area contributed by atoms with Gasteiger partial charge < -0.3 is 40.9 Å². The number of rotatable bonds is 6. The van der Waals surface area contributed by atoms with Crippen molar-refractivity contribution in [2.75, 3.05) is 0 Å². The Labute approximate surface area is 216 Å². The van der Waals surface area contributed by atoms with E-state index < -0.39 is 75.8 Å². The number of carbonyl (C=O) groups is 2. The third-order valence-electron chi connectivity index (χ3n) is 10.8. The lowest BCUT2D eigenvalue weighted by atomic mass is 9.45. The first-order valence-corrected chi connectivity index (χ1v) is 13.2. The van der Waals surface area contributed by atoms with Gasteiger partial charge in [-0.05, 0) is 81.8 Å². The van der Waals surface area contributed by atoms with Crippen molar-refractivity contribution in [3.63, 3.8) is 0 Å². The number of ketones is 1. The number of allylic oxidation sites excluding steroid dienone is 1. The highest BCUT2D eigenvalue weighted by molar-refractivity contribution is 5.95. The third-order valence-corrected chi connectivity index (χ3v) is 10.8. The van der Waals surface area contributed by atoms with Gasteiger partial charge in [-0.1, -0.05) is 13.8 Å². The zero-order chi connectivity index (χ0) is 27.9. The van der Waals surface area contributed by atoms with E-state index in [0.29, 0.717) is 5.57 Å². The van der Waals surface area contributed by atoms with Crippen molar-refractivity contribution in [1.29, 1.82) is 0 Å². The summed E-state index contributed by atoms with van der Waals surface area (Å²) in [5.74, 6) is -3.66. The van der Waals surface area contributed by atoms with Crippen molar-refractivity contribution in [2.24, 2.45) is 28.6 Å². The first-order valence-electron chi connectivity index (χ1n) is 13.2. The molecule has 210 valence electrons. The maximum atomic E-state index is 13.3. The summed E-state index contributed by atoms with van der Waals surface area (Å²) in [4.78, 5) is 24.5. The number of fused-ring (bicyclic) bond motifs is 5. The predicted molar refractivity (Wildman–Crippen MR) is 130 cm³/mol. The number of hydrogen-bond acceptors (Lipinski definition) is 9. The average molecular weight is 527 g/mol. The molecule has 37 heavy (non-hydrogen) atoms. The van der Waals surface area contributed by atoms with Gasteiger partial charge in [-0.15, -0.1) is 0 Å². The molecule has 0 radical (unpaired) electrons. The summed E-state index contributed by atoms with van der Waals surface area (Å²) in [6, 6.07) is 0. The smallest absolute Gasteiger partial charge is 0.335 e. The van der Waals surface area contributed by atoms with Gasteiger partial charge in [0.15, 0.2) is 11.4 Å². The van der Waals surface area contributed by atoms with E-state index in [4.69, 9.17) is 0 Å². The molecular formula is C27H42O10. The number of aliphatic carboxylic acids is 1. The third kappa shape index (κ3) is 4.02. The van der Waals surface area contributed by atoms with E-state index in [1.165, 1.54) is 13.0 Å². The predicted octanol–water partition coefficient (Wildman–Crippen LogP) is -0.110. The van der Waals surface area contributed by atoms with Crippen molar-refractivity contribution >= 4 is 11.8 Å². The van der Waals surface area contributed by atoms with Gasteiger partial charge in [0.2, 0.25) is 0 Å². The monoisotopic (exact) mass is 526 g/mol. The lowest BCUT2D eigenvalue weighted by Gasteiger charge is -2.62. The van der Waals surface area contributed by atoms with Crippen LogP contribution < -0.4 is 0 Å². The van der Waals surface area contributed by atoms with Crippen LogP contribution in [0.2, 0.25) is 0 Å². The molecule has 10 heteroatoms. The van der Waals surface area contributed by atoms with Gasteiger partial charge in [0.05, 0.1) is 35.6 Å². The summed E-state index contributed by atoms with van der Waals surface area (Å²) >= 11 is 0. The van der Waals surface area contributed by atoms with Crippen LogP contribution in [0.1, 0.15) is 72.6 Å². The van der Waals surface area contributed by atoms with E-state index in [2.05, 4.69) is 0 Å². The second-order valence-electron chi connectivity index (χ2n) is 13.1. The Morgan fingerprint density at radius 2 is 1.73 bits per heavy atom. The maximum Gasteiger partial charge on any atom is 0.335 e. The molecule has 4 rings (SSSR count).